The maximum Gasteiger partial charge on any atom is 0.261 e. The molecule has 2 rings (SSSR count). The molecule has 0 saturated heterocycles. The fourth-order valence-electron chi connectivity index (χ4n) is 3.22. The number of aromatic nitrogens is 2. The molecule has 1 aromatic carbocycles. The molecule has 1 atom stereocenters. The molecular weight excluding hydrogens is 350 g/mol. The number of rotatable bonds is 7. The second-order valence-electron chi connectivity index (χ2n) is 7.04. The quantitative estimate of drug-likeness (QED) is 0.717. The maximum absolute atomic E-state index is 12.9. The van der Waals surface area contributed by atoms with E-state index < -0.39 is 0 Å². The smallest absolute Gasteiger partial charge is 0.261 e. The standard InChI is InChI=1S/C20H28ClN3O2/c1-6-10-24(18(25)11-13(3)4)14(5)19-22-17-12-15(21)8-9-16(17)20(26)23(19)7-2/h8-9,12-14H,6-7,10-11H2,1-5H3. The van der Waals surface area contributed by atoms with E-state index in [9.17, 15) is 9.59 Å². The second-order valence-corrected chi connectivity index (χ2v) is 7.48. The minimum Gasteiger partial charge on any atom is -0.333 e. The number of hydrogen-bond acceptors (Lipinski definition) is 3. The highest BCUT2D eigenvalue weighted by atomic mass is 35.5. The Morgan fingerprint density at radius 2 is 1.96 bits per heavy atom. The number of fused-ring (bicyclic) bond motifs is 1. The molecule has 1 amide bonds. The highest BCUT2D eigenvalue weighted by Gasteiger charge is 2.25. The molecule has 5 nitrogen and oxygen atoms in total. The van der Waals surface area contributed by atoms with Crippen LogP contribution in [-0.2, 0) is 11.3 Å². The summed E-state index contributed by atoms with van der Waals surface area (Å²) in [5, 5.41) is 1.08. The van der Waals surface area contributed by atoms with Crippen LogP contribution in [0.5, 0.6) is 0 Å². The first-order valence-corrected chi connectivity index (χ1v) is 9.67. The van der Waals surface area contributed by atoms with Crippen molar-refractivity contribution in [2.75, 3.05) is 6.54 Å². The normalized spacial score (nSPS) is 12.6. The monoisotopic (exact) mass is 377 g/mol. The molecule has 1 heterocycles. The van der Waals surface area contributed by atoms with Gasteiger partial charge in [0.2, 0.25) is 5.91 Å². The van der Waals surface area contributed by atoms with Gasteiger partial charge in [-0.1, -0.05) is 32.4 Å². The van der Waals surface area contributed by atoms with Gasteiger partial charge in [-0.25, -0.2) is 4.98 Å². The van der Waals surface area contributed by atoms with Crippen molar-refractivity contribution in [3.63, 3.8) is 0 Å². The number of amides is 1. The van der Waals surface area contributed by atoms with Gasteiger partial charge in [-0.15, -0.1) is 0 Å². The van der Waals surface area contributed by atoms with Gasteiger partial charge in [-0.3, -0.25) is 14.2 Å². The topological polar surface area (TPSA) is 55.2 Å². The third-order valence-electron chi connectivity index (χ3n) is 4.47. The zero-order valence-corrected chi connectivity index (χ0v) is 17.0. The van der Waals surface area contributed by atoms with Crippen LogP contribution in [0.2, 0.25) is 5.02 Å². The van der Waals surface area contributed by atoms with Crippen molar-refractivity contribution in [1.82, 2.24) is 14.5 Å². The summed E-state index contributed by atoms with van der Waals surface area (Å²) in [7, 11) is 0. The van der Waals surface area contributed by atoms with Crippen molar-refractivity contribution < 1.29 is 4.79 Å². The Morgan fingerprint density at radius 1 is 1.27 bits per heavy atom. The SMILES string of the molecule is CCCN(C(=O)CC(C)C)C(C)c1nc2cc(Cl)ccc2c(=O)n1CC. The lowest BCUT2D eigenvalue weighted by Gasteiger charge is -2.30. The highest BCUT2D eigenvalue weighted by Crippen LogP contribution is 2.23. The summed E-state index contributed by atoms with van der Waals surface area (Å²) in [5.41, 5.74) is 0.477. The van der Waals surface area contributed by atoms with Gasteiger partial charge in [-0.05, 0) is 44.4 Å². The van der Waals surface area contributed by atoms with Gasteiger partial charge in [0.25, 0.3) is 5.56 Å². The molecule has 1 unspecified atom stereocenters. The van der Waals surface area contributed by atoms with Crippen molar-refractivity contribution >= 4 is 28.4 Å². The first kappa shape index (κ1) is 20.4. The minimum absolute atomic E-state index is 0.0937. The van der Waals surface area contributed by atoms with E-state index in [2.05, 4.69) is 0 Å². The predicted molar refractivity (Wildman–Crippen MR) is 107 cm³/mol. The second kappa shape index (κ2) is 8.67. The van der Waals surface area contributed by atoms with Gasteiger partial charge in [-0.2, -0.15) is 0 Å². The molecule has 0 radical (unpaired) electrons. The Labute approximate surface area is 160 Å². The minimum atomic E-state index is -0.280. The van der Waals surface area contributed by atoms with Crippen LogP contribution in [0.15, 0.2) is 23.0 Å². The molecule has 142 valence electrons. The molecule has 0 spiro atoms. The first-order valence-electron chi connectivity index (χ1n) is 9.29. The Hall–Kier alpha value is -1.88. The van der Waals surface area contributed by atoms with E-state index in [1.54, 1.807) is 22.8 Å². The molecule has 0 aliphatic heterocycles. The van der Waals surface area contributed by atoms with E-state index in [1.165, 1.54) is 0 Å². The number of carbonyl (C=O) groups excluding carboxylic acids is 1. The van der Waals surface area contributed by atoms with Crippen LogP contribution < -0.4 is 5.56 Å². The zero-order valence-electron chi connectivity index (χ0n) is 16.3. The molecule has 0 saturated carbocycles. The van der Waals surface area contributed by atoms with Gasteiger partial charge in [0.15, 0.2) is 0 Å². The van der Waals surface area contributed by atoms with Crippen molar-refractivity contribution in [2.45, 2.75) is 60.0 Å². The van der Waals surface area contributed by atoms with Gasteiger partial charge in [0.1, 0.15) is 5.82 Å². The summed E-state index contributed by atoms with van der Waals surface area (Å²) in [5.74, 6) is 0.987. The third-order valence-corrected chi connectivity index (χ3v) is 4.71. The van der Waals surface area contributed by atoms with Crippen LogP contribution in [0.4, 0.5) is 0 Å². The van der Waals surface area contributed by atoms with Crippen molar-refractivity contribution in [3.05, 3.63) is 39.4 Å². The van der Waals surface area contributed by atoms with E-state index in [4.69, 9.17) is 16.6 Å². The number of carbonyl (C=O) groups is 1. The average Bonchev–Trinajstić information content (AvgIpc) is 2.57. The van der Waals surface area contributed by atoms with Crippen LogP contribution in [0.1, 0.15) is 59.3 Å². The van der Waals surface area contributed by atoms with Crippen LogP contribution in [0, 0.1) is 5.92 Å². The van der Waals surface area contributed by atoms with E-state index in [0.29, 0.717) is 41.3 Å². The molecule has 0 fully saturated rings. The number of halogens is 1. The Kier molecular flexibility index (Phi) is 6.81. The summed E-state index contributed by atoms with van der Waals surface area (Å²) in [6.45, 7) is 11.1. The average molecular weight is 378 g/mol. The van der Waals surface area contributed by atoms with Crippen molar-refractivity contribution in [1.29, 1.82) is 0 Å². The molecule has 0 aliphatic carbocycles. The summed E-state index contributed by atoms with van der Waals surface area (Å²) in [4.78, 5) is 32.2. The zero-order chi connectivity index (χ0) is 19.4. The van der Waals surface area contributed by atoms with Crippen LogP contribution >= 0.6 is 11.6 Å². The van der Waals surface area contributed by atoms with Gasteiger partial charge < -0.3 is 4.90 Å². The number of benzene rings is 1. The molecule has 0 aliphatic rings. The molecule has 6 heteroatoms. The van der Waals surface area contributed by atoms with Crippen LogP contribution in [-0.4, -0.2) is 26.9 Å². The molecule has 2 aromatic rings. The maximum atomic E-state index is 12.9. The summed E-state index contributed by atoms with van der Waals surface area (Å²) in [6, 6.07) is 4.83. The Bertz CT molecular complexity index is 845. The molecule has 26 heavy (non-hydrogen) atoms. The Balaban J connectivity index is 2.57. The summed E-state index contributed by atoms with van der Waals surface area (Å²) < 4.78 is 1.66. The van der Waals surface area contributed by atoms with E-state index in [0.717, 1.165) is 6.42 Å². The van der Waals surface area contributed by atoms with Gasteiger partial charge in [0.05, 0.1) is 16.9 Å². The van der Waals surface area contributed by atoms with E-state index in [1.807, 2.05) is 39.5 Å². The van der Waals surface area contributed by atoms with Crippen LogP contribution in [0.3, 0.4) is 0 Å². The lowest BCUT2D eigenvalue weighted by atomic mass is 10.1. The number of nitrogens with zero attached hydrogens (tertiary/aromatic N) is 3. The first-order chi connectivity index (χ1) is 12.3. The lowest BCUT2D eigenvalue weighted by molar-refractivity contribution is -0.134. The van der Waals surface area contributed by atoms with E-state index in [-0.39, 0.29) is 23.4 Å². The molecule has 0 bridgehead atoms. The predicted octanol–water partition coefficient (Wildman–Crippen LogP) is 4.42. The summed E-state index contributed by atoms with van der Waals surface area (Å²) >= 11 is 6.08. The van der Waals surface area contributed by atoms with Crippen molar-refractivity contribution in [3.8, 4) is 0 Å². The fourth-order valence-corrected chi connectivity index (χ4v) is 3.38. The van der Waals surface area contributed by atoms with Gasteiger partial charge in [0, 0.05) is 24.5 Å². The summed E-state index contributed by atoms with van der Waals surface area (Å²) in [6.07, 6.45) is 1.34. The number of hydrogen-bond donors (Lipinski definition) is 0. The van der Waals surface area contributed by atoms with Gasteiger partial charge >= 0.3 is 0 Å². The van der Waals surface area contributed by atoms with Crippen molar-refractivity contribution in [2.24, 2.45) is 5.92 Å². The molecular formula is C20H28ClN3O2. The van der Waals surface area contributed by atoms with E-state index >= 15 is 0 Å². The Morgan fingerprint density at radius 3 is 2.54 bits per heavy atom. The molecule has 0 N–H and O–H groups in total. The lowest BCUT2D eigenvalue weighted by Crippen LogP contribution is -2.38. The fraction of sp³-hybridized carbons (Fsp3) is 0.550. The third kappa shape index (κ3) is 4.26. The van der Waals surface area contributed by atoms with Crippen LogP contribution in [0.25, 0.3) is 10.9 Å². The highest BCUT2D eigenvalue weighted by molar-refractivity contribution is 6.31. The molecule has 1 aromatic heterocycles. The largest absolute Gasteiger partial charge is 0.333 e.